The third kappa shape index (κ3) is 4.80. The maximum atomic E-state index is 13.3. The number of benzene rings is 1. The molecule has 9 heteroatoms. The van der Waals surface area contributed by atoms with Crippen molar-refractivity contribution in [3.8, 4) is 0 Å². The van der Waals surface area contributed by atoms with Crippen LogP contribution >= 0.6 is 23.4 Å². The number of aromatic nitrogens is 2. The third-order valence-electron chi connectivity index (χ3n) is 4.49. The highest BCUT2D eigenvalue weighted by atomic mass is 35.5. The van der Waals surface area contributed by atoms with Crippen molar-refractivity contribution in [2.75, 3.05) is 17.8 Å². The van der Waals surface area contributed by atoms with Crippen LogP contribution < -0.4 is 0 Å². The number of thioether (sulfide) groups is 1. The summed E-state index contributed by atoms with van der Waals surface area (Å²) in [6, 6.07) is 7.41. The molecular formula is C18H20ClN3O3S2. The minimum absolute atomic E-state index is 0.0390. The van der Waals surface area contributed by atoms with Crippen LogP contribution in [0.15, 0.2) is 35.6 Å². The molecule has 0 unspecified atom stereocenters. The summed E-state index contributed by atoms with van der Waals surface area (Å²) in [6.45, 7) is 2.29. The first-order valence-electron chi connectivity index (χ1n) is 8.42. The molecule has 1 aliphatic rings. The fourth-order valence-corrected chi connectivity index (χ4v) is 5.26. The third-order valence-corrected chi connectivity index (χ3v) is 7.08. The van der Waals surface area contributed by atoms with Crippen LogP contribution in [0.25, 0.3) is 0 Å². The Balaban J connectivity index is 1.96. The minimum Gasteiger partial charge on any atom is -0.329 e. The summed E-state index contributed by atoms with van der Waals surface area (Å²) < 4.78 is 24.0. The standard InChI is InChI=1S/C18H20ClN3O3S2/c1-12-3-5-13(6-4-12)10-22(14-7-8-27(24,25)11-14)17(23)16-15(19)9-20-18(21-16)26-2/h3-6,9,14H,7-8,10-11H2,1-2H3/t14-/m0/s1. The molecule has 0 aliphatic carbocycles. The molecule has 2 heterocycles. The molecule has 1 saturated heterocycles. The average molecular weight is 426 g/mol. The number of rotatable bonds is 5. The molecule has 1 aliphatic heterocycles. The molecule has 2 aromatic rings. The molecule has 0 saturated carbocycles. The molecule has 6 nitrogen and oxygen atoms in total. The molecule has 144 valence electrons. The van der Waals surface area contributed by atoms with Crippen molar-refractivity contribution in [3.05, 3.63) is 52.3 Å². The van der Waals surface area contributed by atoms with Gasteiger partial charge in [-0.25, -0.2) is 18.4 Å². The zero-order chi connectivity index (χ0) is 19.6. The van der Waals surface area contributed by atoms with Crippen LogP contribution in [-0.4, -0.2) is 53.0 Å². The summed E-state index contributed by atoms with van der Waals surface area (Å²) in [6.07, 6.45) is 3.63. The first-order valence-corrected chi connectivity index (χ1v) is 11.8. The monoisotopic (exact) mass is 425 g/mol. The summed E-state index contributed by atoms with van der Waals surface area (Å²) in [5.74, 6) is -0.327. The second kappa shape index (κ2) is 8.16. The zero-order valence-corrected chi connectivity index (χ0v) is 17.4. The Hall–Kier alpha value is -1.64. The summed E-state index contributed by atoms with van der Waals surface area (Å²) >= 11 is 7.49. The zero-order valence-electron chi connectivity index (χ0n) is 15.1. The predicted molar refractivity (Wildman–Crippen MR) is 107 cm³/mol. The van der Waals surface area contributed by atoms with Gasteiger partial charge < -0.3 is 4.90 Å². The van der Waals surface area contributed by atoms with E-state index in [-0.39, 0.29) is 28.1 Å². The molecule has 1 aromatic carbocycles. The van der Waals surface area contributed by atoms with Crippen LogP contribution in [0.2, 0.25) is 5.02 Å². The van der Waals surface area contributed by atoms with Gasteiger partial charge in [-0.15, -0.1) is 0 Å². The van der Waals surface area contributed by atoms with Crippen LogP contribution in [0.3, 0.4) is 0 Å². The maximum absolute atomic E-state index is 13.3. The molecule has 0 radical (unpaired) electrons. The molecule has 27 heavy (non-hydrogen) atoms. The van der Waals surface area contributed by atoms with Gasteiger partial charge in [0.1, 0.15) is 0 Å². The molecule has 1 atom stereocenters. The van der Waals surface area contributed by atoms with Gasteiger partial charge in [0.2, 0.25) is 0 Å². The van der Waals surface area contributed by atoms with E-state index in [1.54, 1.807) is 4.90 Å². The Bertz CT molecular complexity index is 949. The van der Waals surface area contributed by atoms with Crippen LogP contribution in [0, 0.1) is 6.92 Å². The lowest BCUT2D eigenvalue weighted by Crippen LogP contribution is -2.41. The number of carbonyl (C=O) groups is 1. The Morgan fingerprint density at radius 3 is 2.63 bits per heavy atom. The van der Waals surface area contributed by atoms with Gasteiger partial charge in [-0.3, -0.25) is 4.79 Å². The minimum atomic E-state index is -3.14. The lowest BCUT2D eigenvalue weighted by Gasteiger charge is -2.28. The second-order valence-electron chi connectivity index (χ2n) is 6.53. The normalized spacial score (nSPS) is 18.4. The second-order valence-corrected chi connectivity index (χ2v) is 9.94. The fourth-order valence-electron chi connectivity index (χ4n) is 3.01. The number of aryl methyl sites for hydroxylation is 1. The van der Waals surface area contributed by atoms with Gasteiger partial charge in [0.05, 0.1) is 22.7 Å². The topological polar surface area (TPSA) is 80.2 Å². The van der Waals surface area contributed by atoms with E-state index in [0.717, 1.165) is 11.1 Å². The van der Waals surface area contributed by atoms with Gasteiger partial charge in [-0.05, 0) is 25.2 Å². The fraction of sp³-hybridized carbons (Fsp3) is 0.389. The maximum Gasteiger partial charge on any atom is 0.274 e. The van der Waals surface area contributed by atoms with E-state index in [4.69, 9.17) is 11.6 Å². The van der Waals surface area contributed by atoms with Gasteiger partial charge >= 0.3 is 0 Å². The molecule has 1 fully saturated rings. The summed E-state index contributed by atoms with van der Waals surface area (Å²) in [5.41, 5.74) is 2.14. The van der Waals surface area contributed by atoms with Crippen molar-refractivity contribution >= 4 is 39.1 Å². The van der Waals surface area contributed by atoms with E-state index < -0.39 is 15.9 Å². The van der Waals surface area contributed by atoms with E-state index in [9.17, 15) is 13.2 Å². The Labute approximate surface area is 168 Å². The van der Waals surface area contributed by atoms with Crippen molar-refractivity contribution in [2.24, 2.45) is 0 Å². The van der Waals surface area contributed by atoms with E-state index >= 15 is 0 Å². The number of sulfone groups is 1. The SMILES string of the molecule is CSc1ncc(Cl)c(C(=O)N(Cc2ccc(C)cc2)[C@H]2CCS(=O)(=O)C2)n1. The smallest absolute Gasteiger partial charge is 0.274 e. The highest BCUT2D eigenvalue weighted by Gasteiger charge is 2.36. The van der Waals surface area contributed by atoms with Crippen LogP contribution in [0.4, 0.5) is 0 Å². The molecule has 0 N–H and O–H groups in total. The van der Waals surface area contributed by atoms with E-state index in [0.29, 0.717) is 18.1 Å². The Morgan fingerprint density at radius 1 is 1.33 bits per heavy atom. The van der Waals surface area contributed by atoms with E-state index in [1.165, 1.54) is 18.0 Å². The first-order chi connectivity index (χ1) is 12.8. The number of halogens is 1. The lowest BCUT2D eigenvalue weighted by molar-refractivity contribution is 0.0674. The van der Waals surface area contributed by atoms with E-state index in [1.807, 2.05) is 37.4 Å². The lowest BCUT2D eigenvalue weighted by atomic mass is 10.1. The van der Waals surface area contributed by atoms with Crippen LogP contribution in [0.5, 0.6) is 0 Å². The quantitative estimate of drug-likeness (QED) is 0.541. The average Bonchev–Trinajstić information content (AvgIpc) is 3.00. The van der Waals surface area contributed by atoms with Gasteiger partial charge in [-0.1, -0.05) is 53.2 Å². The molecular weight excluding hydrogens is 406 g/mol. The van der Waals surface area contributed by atoms with Crippen molar-refractivity contribution < 1.29 is 13.2 Å². The number of amides is 1. The molecule has 0 bridgehead atoms. The molecule has 1 amide bonds. The molecule has 3 rings (SSSR count). The molecule has 1 aromatic heterocycles. The predicted octanol–water partition coefficient (Wildman–Crippen LogP) is 2.99. The number of hydrogen-bond donors (Lipinski definition) is 0. The van der Waals surface area contributed by atoms with Crippen molar-refractivity contribution in [3.63, 3.8) is 0 Å². The highest BCUT2D eigenvalue weighted by Crippen LogP contribution is 2.25. The Kier molecular flexibility index (Phi) is 6.08. The summed E-state index contributed by atoms with van der Waals surface area (Å²) in [4.78, 5) is 23.1. The van der Waals surface area contributed by atoms with Crippen molar-refractivity contribution in [1.82, 2.24) is 14.9 Å². The van der Waals surface area contributed by atoms with Gasteiger partial charge in [0.25, 0.3) is 5.91 Å². The van der Waals surface area contributed by atoms with Gasteiger partial charge in [0, 0.05) is 12.6 Å². The number of hydrogen-bond acceptors (Lipinski definition) is 6. The Morgan fingerprint density at radius 2 is 2.04 bits per heavy atom. The van der Waals surface area contributed by atoms with Crippen LogP contribution in [-0.2, 0) is 16.4 Å². The highest BCUT2D eigenvalue weighted by molar-refractivity contribution is 7.98. The van der Waals surface area contributed by atoms with Gasteiger partial charge in [0.15, 0.2) is 20.7 Å². The number of nitrogens with zero attached hydrogens (tertiary/aromatic N) is 3. The summed E-state index contributed by atoms with van der Waals surface area (Å²) in [7, 11) is -3.14. The first kappa shape index (κ1) is 20.1. The number of carbonyl (C=O) groups excluding carboxylic acids is 1. The molecule has 0 spiro atoms. The van der Waals surface area contributed by atoms with Crippen molar-refractivity contribution in [1.29, 1.82) is 0 Å². The van der Waals surface area contributed by atoms with E-state index in [2.05, 4.69) is 9.97 Å². The summed E-state index contributed by atoms with van der Waals surface area (Å²) in [5, 5.41) is 0.602. The van der Waals surface area contributed by atoms with Crippen molar-refractivity contribution in [2.45, 2.75) is 31.1 Å². The van der Waals surface area contributed by atoms with Gasteiger partial charge in [-0.2, -0.15) is 0 Å². The van der Waals surface area contributed by atoms with Crippen LogP contribution in [0.1, 0.15) is 28.0 Å². The largest absolute Gasteiger partial charge is 0.329 e.